The molecule has 1 atom stereocenters. The molecule has 28 heavy (non-hydrogen) atoms. The van der Waals surface area contributed by atoms with Gasteiger partial charge in [0.25, 0.3) is 0 Å². The van der Waals surface area contributed by atoms with Crippen LogP contribution in [0.4, 0.5) is 0 Å². The first kappa shape index (κ1) is 20.6. The number of sulfonamides is 1. The lowest BCUT2D eigenvalue weighted by Crippen LogP contribution is -2.51. The molecule has 0 spiro atoms. The highest BCUT2D eigenvalue weighted by atomic mass is 32.2. The zero-order valence-electron chi connectivity index (χ0n) is 15.8. The smallest absolute Gasteiger partial charge is 0.236 e. The monoisotopic (exact) mass is 416 g/mol. The first-order valence-corrected chi connectivity index (χ1v) is 11.6. The third-order valence-electron chi connectivity index (χ3n) is 4.55. The van der Waals surface area contributed by atoms with E-state index in [0.717, 1.165) is 10.5 Å². The van der Waals surface area contributed by atoms with Crippen LogP contribution in [-0.2, 0) is 14.8 Å². The van der Waals surface area contributed by atoms with E-state index < -0.39 is 10.0 Å². The highest BCUT2D eigenvalue weighted by molar-refractivity contribution is 8.00. The summed E-state index contributed by atoms with van der Waals surface area (Å²) < 4.78 is 26.5. The molecule has 0 N–H and O–H groups in total. The second-order valence-corrected chi connectivity index (χ2v) is 9.79. The highest BCUT2D eigenvalue weighted by Gasteiger charge is 2.29. The maximum atomic E-state index is 12.7. The van der Waals surface area contributed by atoms with Gasteiger partial charge in [0, 0.05) is 36.5 Å². The molecule has 1 fully saturated rings. The molecule has 1 saturated heterocycles. The van der Waals surface area contributed by atoms with Gasteiger partial charge in [-0.25, -0.2) is 8.42 Å². The lowest BCUT2D eigenvalue weighted by atomic mass is 10.2. The number of thioether (sulfide) groups is 1. The van der Waals surface area contributed by atoms with Crippen LogP contribution in [0.1, 0.15) is 12.5 Å². The minimum absolute atomic E-state index is 0.0470. The Morgan fingerprint density at radius 2 is 1.54 bits per heavy atom. The minimum atomic E-state index is -3.49. The van der Waals surface area contributed by atoms with Gasteiger partial charge < -0.3 is 4.90 Å². The van der Waals surface area contributed by atoms with E-state index in [4.69, 9.17) is 0 Å². The van der Waals surface area contributed by atoms with Crippen molar-refractivity contribution < 1.29 is 13.2 Å². The van der Waals surface area contributed by atoms with Crippen molar-refractivity contribution in [2.45, 2.75) is 17.1 Å². The molecular weight excluding hydrogens is 392 g/mol. The van der Waals surface area contributed by atoms with Gasteiger partial charge in [0.2, 0.25) is 15.9 Å². The van der Waals surface area contributed by atoms with Gasteiger partial charge in [0.15, 0.2) is 0 Å². The molecule has 5 nitrogen and oxygen atoms in total. The topological polar surface area (TPSA) is 57.7 Å². The first-order valence-electron chi connectivity index (χ1n) is 9.19. The van der Waals surface area contributed by atoms with E-state index in [9.17, 15) is 13.2 Å². The largest absolute Gasteiger partial charge is 0.339 e. The fourth-order valence-corrected chi connectivity index (χ4v) is 5.13. The predicted molar refractivity (Wildman–Crippen MR) is 114 cm³/mol. The molecule has 1 amide bonds. The molecule has 1 unspecified atom stereocenters. The van der Waals surface area contributed by atoms with E-state index in [1.165, 1.54) is 21.5 Å². The molecule has 1 heterocycles. The Kier molecular flexibility index (Phi) is 6.93. The summed E-state index contributed by atoms with van der Waals surface area (Å²) in [5.74, 6) is 0.0470. The van der Waals surface area contributed by atoms with Crippen molar-refractivity contribution in [3.63, 3.8) is 0 Å². The van der Waals surface area contributed by atoms with E-state index >= 15 is 0 Å². The number of carbonyl (C=O) groups is 1. The van der Waals surface area contributed by atoms with Gasteiger partial charge in [-0.3, -0.25) is 4.79 Å². The van der Waals surface area contributed by atoms with Gasteiger partial charge in [-0.1, -0.05) is 48.5 Å². The Hall–Kier alpha value is -2.09. The molecule has 0 bridgehead atoms. The fourth-order valence-electron chi connectivity index (χ4n) is 2.99. The summed E-state index contributed by atoms with van der Waals surface area (Å²) in [6.07, 6.45) is 1.60. The first-order chi connectivity index (χ1) is 13.5. The summed E-state index contributed by atoms with van der Waals surface area (Å²) in [5.41, 5.74) is 0.839. The standard InChI is InChI=1S/C21H24N2O3S2/c1-18(27-20-10-6-3-7-11-20)21(24)22-13-15-23(16-14-22)28(25,26)17-12-19-8-4-2-5-9-19/h2-12,17-18H,13-16H2,1H3. The van der Waals surface area contributed by atoms with Crippen LogP contribution >= 0.6 is 11.8 Å². The van der Waals surface area contributed by atoms with Crippen LogP contribution in [-0.4, -0.2) is 55.0 Å². The molecule has 7 heteroatoms. The summed E-state index contributed by atoms with van der Waals surface area (Å²) in [4.78, 5) is 15.5. The van der Waals surface area contributed by atoms with Gasteiger partial charge >= 0.3 is 0 Å². The Bertz CT molecular complexity index is 907. The third-order valence-corrected chi connectivity index (χ3v) is 7.21. The van der Waals surface area contributed by atoms with Crippen molar-refractivity contribution in [3.05, 3.63) is 71.6 Å². The van der Waals surface area contributed by atoms with Gasteiger partial charge in [-0.15, -0.1) is 11.8 Å². The van der Waals surface area contributed by atoms with Gasteiger partial charge in [0.05, 0.1) is 5.25 Å². The van der Waals surface area contributed by atoms with Crippen LogP contribution in [0.3, 0.4) is 0 Å². The predicted octanol–water partition coefficient (Wildman–Crippen LogP) is 3.31. The van der Waals surface area contributed by atoms with Crippen molar-refractivity contribution in [1.29, 1.82) is 0 Å². The normalized spacial score (nSPS) is 17.0. The molecule has 2 aromatic carbocycles. The Morgan fingerprint density at radius 3 is 2.14 bits per heavy atom. The van der Waals surface area contributed by atoms with Crippen LogP contribution in [0, 0.1) is 0 Å². The van der Waals surface area contributed by atoms with E-state index in [-0.39, 0.29) is 11.2 Å². The van der Waals surface area contributed by atoms with Crippen molar-refractivity contribution >= 4 is 33.8 Å². The quantitative estimate of drug-likeness (QED) is 0.678. The summed E-state index contributed by atoms with van der Waals surface area (Å²) in [5, 5.41) is 1.04. The highest BCUT2D eigenvalue weighted by Crippen LogP contribution is 2.24. The SMILES string of the molecule is CC(Sc1ccccc1)C(=O)N1CCN(S(=O)(=O)C=Cc2ccccc2)CC1. The van der Waals surface area contributed by atoms with Crippen LogP contribution < -0.4 is 0 Å². The van der Waals surface area contributed by atoms with Crippen LogP contribution in [0.2, 0.25) is 0 Å². The van der Waals surface area contributed by atoms with Crippen molar-refractivity contribution in [1.82, 2.24) is 9.21 Å². The van der Waals surface area contributed by atoms with E-state index in [1.807, 2.05) is 67.6 Å². The average molecular weight is 417 g/mol. The number of rotatable bonds is 6. The number of carbonyl (C=O) groups excluding carboxylic acids is 1. The number of amides is 1. The van der Waals surface area contributed by atoms with E-state index in [0.29, 0.717) is 26.2 Å². The van der Waals surface area contributed by atoms with Crippen LogP contribution in [0.15, 0.2) is 71.0 Å². The Labute approximate surface area is 171 Å². The molecule has 1 aliphatic rings. The number of nitrogens with zero attached hydrogens (tertiary/aromatic N) is 2. The van der Waals surface area contributed by atoms with E-state index in [2.05, 4.69) is 0 Å². The molecule has 148 valence electrons. The van der Waals surface area contributed by atoms with Crippen molar-refractivity contribution in [2.24, 2.45) is 0 Å². The maximum absolute atomic E-state index is 12.7. The maximum Gasteiger partial charge on any atom is 0.236 e. The molecule has 0 aromatic heterocycles. The zero-order valence-corrected chi connectivity index (χ0v) is 17.4. The lowest BCUT2D eigenvalue weighted by Gasteiger charge is -2.34. The molecule has 0 radical (unpaired) electrons. The van der Waals surface area contributed by atoms with Gasteiger partial charge in [-0.05, 0) is 30.7 Å². The Balaban J connectivity index is 1.54. The van der Waals surface area contributed by atoms with Crippen molar-refractivity contribution in [2.75, 3.05) is 26.2 Å². The third kappa shape index (κ3) is 5.47. The molecule has 0 aliphatic carbocycles. The molecule has 3 rings (SSSR count). The Morgan fingerprint density at radius 1 is 0.964 bits per heavy atom. The number of hydrogen-bond acceptors (Lipinski definition) is 4. The van der Waals surface area contributed by atoms with Gasteiger partial charge in [-0.2, -0.15) is 4.31 Å². The summed E-state index contributed by atoms with van der Waals surface area (Å²) in [6, 6.07) is 19.1. The zero-order chi connectivity index (χ0) is 20.0. The second kappa shape index (κ2) is 9.41. The molecule has 2 aromatic rings. The average Bonchev–Trinajstić information content (AvgIpc) is 2.73. The van der Waals surface area contributed by atoms with Gasteiger partial charge in [0.1, 0.15) is 0 Å². The number of hydrogen-bond donors (Lipinski definition) is 0. The number of piperazine rings is 1. The summed E-state index contributed by atoms with van der Waals surface area (Å²) in [7, 11) is -3.49. The number of benzene rings is 2. The molecular formula is C21H24N2O3S2. The second-order valence-electron chi connectivity index (χ2n) is 6.56. The molecule has 1 aliphatic heterocycles. The minimum Gasteiger partial charge on any atom is -0.339 e. The van der Waals surface area contributed by atoms with E-state index in [1.54, 1.807) is 11.0 Å². The van der Waals surface area contributed by atoms with Crippen molar-refractivity contribution in [3.8, 4) is 0 Å². The van der Waals surface area contributed by atoms with Crippen LogP contribution in [0.25, 0.3) is 6.08 Å². The summed E-state index contributed by atoms with van der Waals surface area (Å²) in [6.45, 7) is 3.35. The fraction of sp³-hybridized carbons (Fsp3) is 0.286. The summed E-state index contributed by atoms with van der Waals surface area (Å²) >= 11 is 1.52. The molecule has 0 saturated carbocycles. The van der Waals surface area contributed by atoms with Crippen LogP contribution in [0.5, 0.6) is 0 Å². The lowest BCUT2D eigenvalue weighted by molar-refractivity contribution is -0.131.